The summed E-state index contributed by atoms with van der Waals surface area (Å²) < 4.78 is 5.40. The Bertz CT molecular complexity index is 496. The van der Waals surface area contributed by atoms with Gasteiger partial charge in [-0.3, -0.25) is 14.6 Å². The van der Waals surface area contributed by atoms with Gasteiger partial charge in [-0.2, -0.15) is 0 Å². The Labute approximate surface area is 144 Å². The Hall–Kier alpha value is -1.37. The minimum atomic E-state index is 0.209. The number of amides is 1. The maximum Gasteiger partial charge on any atom is 0.236 e. The molecule has 0 aliphatic carbocycles. The number of rotatable bonds is 6. The summed E-state index contributed by atoms with van der Waals surface area (Å²) in [6.07, 6.45) is 5.96. The molecule has 0 bridgehead atoms. The molecule has 2 aliphatic rings. The number of furan rings is 1. The van der Waals surface area contributed by atoms with E-state index in [2.05, 4.69) is 9.80 Å². The van der Waals surface area contributed by atoms with Crippen molar-refractivity contribution in [2.75, 3.05) is 45.9 Å². The van der Waals surface area contributed by atoms with Crippen molar-refractivity contribution in [3.05, 3.63) is 24.2 Å². The van der Waals surface area contributed by atoms with Crippen molar-refractivity contribution in [2.24, 2.45) is 0 Å². The van der Waals surface area contributed by atoms with E-state index in [1.165, 1.54) is 6.42 Å². The highest BCUT2D eigenvalue weighted by Crippen LogP contribution is 2.19. The lowest BCUT2D eigenvalue weighted by molar-refractivity contribution is -0.135. The molecule has 1 amide bonds. The third-order valence-electron chi connectivity index (χ3n) is 5.23. The first-order valence-electron chi connectivity index (χ1n) is 9.13. The van der Waals surface area contributed by atoms with Crippen molar-refractivity contribution >= 4 is 5.91 Å². The number of piperazine rings is 1. The molecule has 2 fully saturated rings. The van der Waals surface area contributed by atoms with Crippen LogP contribution >= 0.6 is 0 Å². The van der Waals surface area contributed by atoms with Crippen LogP contribution in [0.3, 0.4) is 0 Å². The normalized spacial score (nSPS) is 23.5. The second-order valence-electron chi connectivity index (χ2n) is 6.87. The minimum Gasteiger partial charge on any atom is -0.468 e. The van der Waals surface area contributed by atoms with Crippen LogP contribution in [-0.2, 0) is 11.3 Å². The standard InChI is InChI=1S/C18H29N3O3/c22-12-6-16-4-1-2-7-21(16)15-18(23)20-10-8-19(9-11-20)14-17-5-3-13-24-17/h3,5,13,16,22H,1-2,4,6-12,14-15H2. The van der Waals surface area contributed by atoms with E-state index in [1.54, 1.807) is 6.26 Å². The van der Waals surface area contributed by atoms with Crippen LogP contribution in [0.1, 0.15) is 31.4 Å². The number of aliphatic hydroxyl groups excluding tert-OH is 1. The molecular weight excluding hydrogens is 306 g/mol. The van der Waals surface area contributed by atoms with Crippen LogP contribution in [0.15, 0.2) is 22.8 Å². The number of piperidine rings is 1. The molecule has 2 aliphatic heterocycles. The Balaban J connectivity index is 1.44. The first kappa shape index (κ1) is 17.5. The number of aliphatic hydroxyl groups is 1. The third-order valence-corrected chi connectivity index (χ3v) is 5.23. The Morgan fingerprint density at radius 3 is 2.75 bits per heavy atom. The third kappa shape index (κ3) is 4.59. The van der Waals surface area contributed by atoms with Crippen molar-refractivity contribution < 1.29 is 14.3 Å². The van der Waals surface area contributed by atoms with Crippen LogP contribution in [0.4, 0.5) is 0 Å². The molecule has 0 aromatic carbocycles. The number of nitrogens with zero attached hydrogens (tertiary/aromatic N) is 3. The van der Waals surface area contributed by atoms with Gasteiger partial charge in [0.25, 0.3) is 0 Å². The van der Waals surface area contributed by atoms with Gasteiger partial charge in [0.05, 0.1) is 19.4 Å². The fraction of sp³-hybridized carbons (Fsp3) is 0.722. The lowest BCUT2D eigenvalue weighted by Crippen LogP contribution is -2.52. The van der Waals surface area contributed by atoms with E-state index in [9.17, 15) is 9.90 Å². The summed E-state index contributed by atoms with van der Waals surface area (Å²) in [5, 5.41) is 9.22. The minimum absolute atomic E-state index is 0.209. The maximum absolute atomic E-state index is 12.6. The van der Waals surface area contributed by atoms with E-state index in [4.69, 9.17) is 4.42 Å². The SMILES string of the molecule is O=C(CN1CCCCC1CCO)N1CCN(Cc2ccco2)CC1. The molecule has 1 aromatic rings. The molecule has 2 saturated heterocycles. The summed E-state index contributed by atoms with van der Waals surface area (Å²) in [6, 6.07) is 4.28. The molecule has 0 radical (unpaired) electrons. The second-order valence-corrected chi connectivity index (χ2v) is 6.87. The summed E-state index contributed by atoms with van der Waals surface area (Å²) >= 11 is 0. The fourth-order valence-corrected chi connectivity index (χ4v) is 3.80. The van der Waals surface area contributed by atoms with Gasteiger partial charge in [0, 0.05) is 38.8 Å². The molecule has 1 aromatic heterocycles. The average Bonchev–Trinajstić information content (AvgIpc) is 3.10. The molecule has 6 nitrogen and oxygen atoms in total. The van der Waals surface area contributed by atoms with Crippen LogP contribution in [0.2, 0.25) is 0 Å². The van der Waals surface area contributed by atoms with E-state index >= 15 is 0 Å². The van der Waals surface area contributed by atoms with Crippen LogP contribution in [0.5, 0.6) is 0 Å². The molecule has 3 rings (SSSR count). The predicted octanol–water partition coefficient (Wildman–Crippen LogP) is 1.16. The van der Waals surface area contributed by atoms with Crippen molar-refractivity contribution in [1.29, 1.82) is 0 Å². The molecule has 3 heterocycles. The van der Waals surface area contributed by atoms with Gasteiger partial charge in [0.1, 0.15) is 5.76 Å². The quantitative estimate of drug-likeness (QED) is 0.845. The molecule has 134 valence electrons. The van der Waals surface area contributed by atoms with Crippen molar-refractivity contribution in [1.82, 2.24) is 14.7 Å². The van der Waals surface area contributed by atoms with Gasteiger partial charge in [-0.1, -0.05) is 6.42 Å². The number of likely N-dealkylation sites (tertiary alicyclic amines) is 1. The molecule has 1 atom stereocenters. The lowest BCUT2D eigenvalue weighted by atomic mass is 9.99. The molecule has 1 N–H and O–H groups in total. The first-order chi connectivity index (χ1) is 11.8. The molecular formula is C18H29N3O3. The van der Waals surface area contributed by atoms with Gasteiger partial charge < -0.3 is 14.4 Å². The molecule has 1 unspecified atom stereocenters. The van der Waals surface area contributed by atoms with Crippen LogP contribution in [-0.4, -0.2) is 77.6 Å². The average molecular weight is 335 g/mol. The van der Waals surface area contributed by atoms with Gasteiger partial charge in [-0.25, -0.2) is 0 Å². The van der Waals surface area contributed by atoms with Crippen molar-refractivity contribution in [3.8, 4) is 0 Å². The van der Waals surface area contributed by atoms with Gasteiger partial charge in [0.2, 0.25) is 5.91 Å². The summed E-state index contributed by atoms with van der Waals surface area (Å²) in [7, 11) is 0. The van der Waals surface area contributed by atoms with Crippen LogP contribution in [0, 0.1) is 0 Å². The van der Waals surface area contributed by atoms with E-state index in [0.29, 0.717) is 12.6 Å². The second kappa shape index (κ2) is 8.65. The van der Waals surface area contributed by atoms with E-state index < -0.39 is 0 Å². The van der Waals surface area contributed by atoms with E-state index in [-0.39, 0.29) is 12.5 Å². The highest BCUT2D eigenvalue weighted by Gasteiger charge is 2.27. The van der Waals surface area contributed by atoms with Crippen LogP contribution in [0.25, 0.3) is 0 Å². The maximum atomic E-state index is 12.6. The van der Waals surface area contributed by atoms with Crippen molar-refractivity contribution in [2.45, 2.75) is 38.3 Å². The van der Waals surface area contributed by atoms with Gasteiger partial charge in [0.15, 0.2) is 0 Å². The molecule has 0 saturated carbocycles. The van der Waals surface area contributed by atoms with Gasteiger partial charge in [-0.15, -0.1) is 0 Å². The lowest BCUT2D eigenvalue weighted by Gasteiger charge is -2.38. The zero-order valence-corrected chi connectivity index (χ0v) is 14.4. The Kier molecular flexibility index (Phi) is 6.29. The Morgan fingerprint density at radius 2 is 2.04 bits per heavy atom. The highest BCUT2D eigenvalue weighted by atomic mass is 16.3. The largest absolute Gasteiger partial charge is 0.468 e. The number of hydrogen-bond acceptors (Lipinski definition) is 5. The molecule has 6 heteroatoms. The van der Waals surface area contributed by atoms with Crippen molar-refractivity contribution in [3.63, 3.8) is 0 Å². The molecule has 24 heavy (non-hydrogen) atoms. The zero-order chi connectivity index (χ0) is 16.8. The van der Waals surface area contributed by atoms with Crippen LogP contribution < -0.4 is 0 Å². The van der Waals surface area contributed by atoms with Gasteiger partial charge >= 0.3 is 0 Å². The Morgan fingerprint density at radius 1 is 1.21 bits per heavy atom. The summed E-state index contributed by atoms with van der Waals surface area (Å²) in [5.41, 5.74) is 0. The number of hydrogen-bond donors (Lipinski definition) is 1. The number of carbonyl (C=O) groups is 1. The summed E-state index contributed by atoms with van der Waals surface area (Å²) in [5.74, 6) is 1.22. The summed E-state index contributed by atoms with van der Waals surface area (Å²) in [6.45, 7) is 5.88. The summed E-state index contributed by atoms with van der Waals surface area (Å²) in [4.78, 5) is 19.2. The smallest absolute Gasteiger partial charge is 0.236 e. The number of carbonyl (C=O) groups excluding carboxylic acids is 1. The predicted molar refractivity (Wildman–Crippen MR) is 91.5 cm³/mol. The van der Waals surface area contributed by atoms with Gasteiger partial charge in [-0.05, 0) is 37.9 Å². The highest BCUT2D eigenvalue weighted by molar-refractivity contribution is 5.78. The zero-order valence-electron chi connectivity index (χ0n) is 14.4. The topological polar surface area (TPSA) is 60.2 Å². The monoisotopic (exact) mass is 335 g/mol. The molecule has 0 spiro atoms. The first-order valence-corrected chi connectivity index (χ1v) is 9.13. The van der Waals surface area contributed by atoms with E-state index in [1.807, 2.05) is 17.0 Å². The fourth-order valence-electron chi connectivity index (χ4n) is 3.80. The van der Waals surface area contributed by atoms with E-state index in [0.717, 1.165) is 64.3 Å².